The molecule has 1 aromatic heterocycles. The number of anilines is 1. The molecule has 1 aliphatic heterocycles. The Morgan fingerprint density at radius 1 is 1.02 bits per heavy atom. The van der Waals surface area contributed by atoms with Crippen LogP contribution in [0.25, 0.3) is 11.1 Å². The van der Waals surface area contributed by atoms with Crippen LogP contribution in [0.3, 0.4) is 0 Å². The zero-order valence-electron chi connectivity index (χ0n) is 26.0. The quantitative estimate of drug-likeness (QED) is 0.269. The van der Waals surface area contributed by atoms with Crippen LogP contribution in [-0.4, -0.2) is 48.7 Å². The van der Waals surface area contributed by atoms with E-state index >= 15 is 0 Å². The lowest BCUT2D eigenvalue weighted by atomic mass is 9.95. The molecule has 4 rings (SSSR count). The highest BCUT2D eigenvalue weighted by atomic mass is 28.3. The third-order valence-electron chi connectivity index (χ3n) is 7.60. The number of carbonyl (C=O) groups excluding carboxylic acids is 2. The monoisotopic (exact) mass is 627 g/mol. The summed E-state index contributed by atoms with van der Waals surface area (Å²) in [5.74, 6) is 0.211. The van der Waals surface area contributed by atoms with E-state index in [1.54, 1.807) is 57.3 Å². The van der Waals surface area contributed by atoms with Gasteiger partial charge in [0.1, 0.15) is 11.3 Å². The Morgan fingerprint density at radius 3 is 2.30 bits per heavy atom. The number of halogens is 3. The number of amides is 2. The fourth-order valence-electron chi connectivity index (χ4n) is 4.90. The maximum Gasteiger partial charge on any atom is 0.416 e. The summed E-state index contributed by atoms with van der Waals surface area (Å²) in [4.78, 5) is 36.3. The molecule has 0 radical (unpaired) electrons. The van der Waals surface area contributed by atoms with E-state index in [4.69, 9.17) is 4.74 Å². The van der Waals surface area contributed by atoms with Gasteiger partial charge in [0.05, 0.1) is 19.7 Å². The lowest BCUT2D eigenvalue weighted by Gasteiger charge is -2.35. The van der Waals surface area contributed by atoms with Gasteiger partial charge in [-0.1, -0.05) is 43.4 Å². The number of alkyl halides is 3. The van der Waals surface area contributed by atoms with Crippen molar-refractivity contribution in [1.29, 1.82) is 0 Å². The standard InChI is InChI=1S/C32H40F3N5O3Si/c1-21(38-28(41)27-13-14-36-29(39-27)40-15-17-44(5,6)18-16-40)22-7-9-23(10-8-22)26-19-25(32(33,34)35)12-11-24(26)20-37-30(42)43-31(2,3)4/h7-14,19,21H,15-18,20H2,1-6H3,(H,37,42)(H,38,41)/t21-/m1/s1. The van der Waals surface area contributed by atoms with Crippen molar-refractivity contribution in [2.45, 2.75) is 77.2 Å². The molecule has 1 fully saturated rings. The Morgan fingerprint density at radius 2 is 1.68 bits per heavy atom. The minimum Gasteiger partial charge on any atom is -0.444 e. The minimum absolute atomic E-state index is 0.0192. The second kappa shape index (κ2) is 13.0. The number of carbonyl (C=O) groups is 2. The van der Waals surface area contributed by atoms with Crippen LogP contribution in [0.4, 0.5) is 23.9 Å². The smallest absolute Gasteiger partial charge is 0.416 e. The first kappa shape index (κ1) is 33.0. The zero-order chi connectivity index (χ0) is 32.3. The molecule has 2 aromatic carbocycles. The van der Waals surface area contributed by atoms with Crippen LogP contribution in [-0.2, 0) is 17.5 Å². The van der Waals surface area contributed by atoms with Gasteiger partial charge in [-0.15, -0.1) is 0 Å². The number of aromatic nitrogens is 2. The molecule has 0 spiro atoms. The average Bonchev–Trinajstić information content (AvgIpc) is 2.94. The number of rotatable bonds is 7. The first-order chi connectivity index (χ1) is 20.5. The molecule has 12 heteroatoms. The number of hydrogen-bond acceptors (Lipinski definition) is 6. The van der Waals surface area contributed by atoms with Crippen molar-refractivity contribution in [1.82, 2.24) is 20.6 Å². The van der Waals surface area contributed by atoms with Crippen LogP contribution in [0, 0.1) is 0 Å². The molecule has 2 heterocycles. The van der Waals surface area contributed by atoms with Crippen LogP contribution < -0.4 is 15.5 Å². The van der Waals surface area contributed by atoms with Crippen molar-refractivity contribution in [3.8, 4) is 11.1 Å². The summed E-state index contributed by atoms with van der Waals surface area (Å²) in [6.07, 6.45) is -3.60. The third-order valence-corrected chi connectivity index (χ3v) is 10.8. The molecule has 1 aliphatic rings. The largest absolute Gasteiger partial charge is 0.444 e. The molecule has 8 nitrogen and oxygen atoms in total. The van der Waals surface area contributed by atoms with Crippen molar-refractivity contribution in [3.05, 3.63) is 77.1 Å². The Balaban J connectivity index is 1.48. The van der Waals surface area contributed by atoms with Crippen molar-refractivity contribution in [3.63, 3.8) is 0 Å². The zero-order valence-corrected chi connectivity index (χ0v) is 27.0. The molecule has 236 valence electrons. The Kier molecular flexibility index (Phi) is 9.72. The number of alkyl carbamates (subject to hydrolysis) is 1. The molecule has 0 bridgehead atoms. The molecule has 0 saturated carbocycles. The molecule has 1 atom stereocenters. The highest BCUT2D eigenvalue weighted by molar-refractivity contribution is 6.77. The Hall–Kier alpha value is -3.93. The summed E-state index contributed by atoms with van der Waals surface area (Å²) in [7, 11) is -1.17. The molecule has 0 unspecified atom stereocenters. The second-order valence-electron chi connectivity index (χ2n) is 12.9. The number of benzene rings is 2. The van der Waals surface area contributed by atoms with Gasteiger partial charge in [-0.2, -0.15) is 13.2 Å². The van der Waals surface area contributed by atoms with Crippen LogP contribution in [0.5, 0.6) is 0 Å². The van der Waals surface area contributed by atoms with Crippen LogP contribution >= 0.6 is 0 Å². The Labute approximate surface area is 257 Å². The number of nitrogens with zero attached hydrogens (tertiary/aromatic N) is 3. The topological polar surface area (TPSA) is 96.5 Å². The van der Waals surface area contributed by atoms with Gasteiger partial charge >= 0.3 is 12.3 Å². The van der Waals surface area contributed by atoms with Gasteiger partial charge in [0.25, 0.3) is 5.91 Å². The van der Waals surface area contributed by atoms with E-state index in [0.29, 0.717) is 22.6 Å². The van der Waals surface area contributed by atoms with Crippen molar-refractivity contribution >= 4 is 26.0 Å². The summed E-state index contributed by atoms with van der Waals surface area (Å²) >= 11 is 0. The van der Waals surface area contributed by atoms with Gasteiger partial charge < -0.3 is 20.3 Å². The predicted octanol–water partition coefficient (Wildman–Crippen LogP) is 7.21. The van der Waals surface area contributed by atoms with Crippen molar-refractivity contribution in [2.75, 3.05) is 18.0 Å². The number of ether oxygens (including phenoxy) is 1. The fourth-order valence-corrected chi connectivity index (χ4v) is 6.90. The molecule has 0 aliphatic carbocycles. The second-order valence-corrected chi connectivity index (χ2v) is 18.3. The normalized spacial score (nSPS) is 15.8. The summed E-state index contributed by atoms with van der Waals surface area (Å²) in [5.41, 5.74) is 0.891. The first-order valence-corrected chi connectivity index (χ1v) is 18.1. The predicted molar refractivity (Wildman–Crippen MR) is 167 cm³/mol. The maximum absolute atomic E-state index is 13.6. The van der Waals surface area contributed by atoms with E-state index in [0.717, 1.165) is 42.9 Å². The van der Waals surface area contributed by atoms with Crippen LogP contribution in [0.1, 0.15) is 60.9 Å². The van der Waals surface area contributed by atoms with Gasteiger partial charge in [-0.05, 0) is 80.2 Å². The van der Waals surface area contributed by atoms with Gasteiger partial charge in [-0.3, -0.25) is 4.79 Å². The van der Waals surface area contributed by atoms with E-state index in [1.807, 2.05) is 6.92 Å². The van der Waals surface area contributed by atoms with Gasteiger partial charge in [0.15, 0.2) is 0 Å². The Bertz CT molecular complexity index is 1480. The van der Waals surface area contributed by atoms with E-state index in [1.165, 1.54) is 6.07 Å². The van der Waals surface area contributed by atoms with Crippen molar-refractivity contribution < 1.29 is 27.5 Å². The molecule has 44 heavy (non-hydrogen) atoms. The highest BCUT2D eigenvalue weighted by Crippen LogP contribution is 2.34. The molecule has 2 amide bonds. The van der Waals surface area contributed by atoms with Crippen LogP contribution in [0.2, 0.25) is 25.2 Å². The van der Waals surface area contributed by atoms with E-state index in [-0.39, 0.29) is 18.1 Å². The number of hydrogen-bond donors (Lipinski definition) is 2. The van der Waals surface area contributed by atoms with Crippen LogP contribution in [0.15, 0.2) is 54.7 Å². The number of nitrogens with one attached hydrogen (secondary N) is 2. The molecular weight excluding hydrogens is 587 g/mol. The summed E-state index contributed by atoms with van der Waals surface area (Å²) in [5, 5.41) is 5.57. The minimum atomic E-state index is -4.53. The molecule has 3 aromatic rings. The van der Waals surface area contributed by atoms with E-state index in [9.17, 15) is 22.8 Å². The fraction of sp³-hybridized carbons (Fsp3) is 0.438. The molecule has 1 saturated heterocycles. The average molecular weight is 628 g/mol. The van der Waals surface area contributed by atoms with E-state index < -0.39 is 37.5 Å². The molecular formula is C32H40F3N5O3Si. The van der Waals surface area contributed by atoms with Gasteiger partial charge in [0, 0.05) is 25.8 Å². The van der Waals surface area contributed by atoms with Gasteiger partial charge in [-0.25, -0.2) is 14.8 Å². The first-order valence-electron chi connectivity index (χ1n) is 14.7. The lowest BCUT2D eigenvalue weighted by Crippen LogP contribution is -2.43. The van der Waals surface area contributed by atoms with Crippen molar-refractivity contribution in [2.24, 2.45) is 0 Å². The molecule has 2 N–H and O–H groups in total. The highest BCUT2D eigenvalue weighted by Gasteiger charge is 2.31. The van der Waals surface area contributed by atoms with E-state index in [2.05, 4.69) is 38.6 Å². The third kappa shape index (κ3) is 8.81. The summed E-state index contributed by atoms with van der Waals surface area (Å²) < 4.78 is 46.0. The summed E-state index contributed by atoms with van der Waals surface area (Å²) in [6, 6.07) is 13.8. The maximum atomic E-state index is 13.6. The SMILES string of the molecule is C[C@@H](NC(=O)c1ccnc(N2CC[Si](C)(C)CC2)n1)c1ccc(-c2cc(C(F)(F)F)ccc2CNC(=O)OC(C)(C)C)cc1. The summed E-state index contributed by atoms with van der Waals surface area (Å²) in [6.45, 7) is 13.5. The lowest BCUT2D eigenvalue weighted by molar-refractivity contribution is -0.137. The van der Waals surface area contributed by atoms with Gasteiger partial charge in [0.2, 0.25) is 5.95 Å².